The smallest absolute Gasteiger partial charge is 0.123 e. The van der Waals surface area contributed by atoms with Gasteiger partial charge in [-0.25, -0.2) is 4.39 Å². The van der Waals surface area contributed by atoms with Crippen molar-refractivity contribution in [1.82, 2.24) is 9.78 Å². The molecule has 0 radical (unpaired) electrons. The van der Waals surface area contributed by atoms with E-state index in [-0.39, 0.29) is 11.9 Å². The second-order valence-electron chi connectivity index (χ2n) is 4.60. The molecule has 0 amide bonds. The fourth-order valence-electron chi connectivity index (χ4n) is 2.21. The molecule has 0 spiro atoms. The Morgan fingerprint density at radius 1 is 1.39 bits per heavy atom. The third-order valence-electron chi connectivity index (χ3n) is 3.03. The number of aromatic nitrogens is 2. The third kappa shape index (κ3) is 2.43. The van der Waals surface area contributed by atoms with Gasteiger partial charge in [0.25, 0.3) is 0 Å². The van der Waals surface area contributed by atoms with Crippen LogP contribution in [0.25, 0.3) is 0 Å². The van der Waals surface area contributed by atoms with Crippen LogP contribution in [0.2, 0.25) is 0 Å². The third-order valence-corrected chi connectivity index (χ3v) is 3.03. The first-order valence-corrected chi connectivity index (χ1v) is 6.06. The van der Waals surface area contributed by atoms with Crippen LogP contribution in [0.5, 0.6) is 0 Å². The first-order valence-electron chi connectivity index (χ1n) is 6.06. The van der Waals surface area contributed by atoms with E-state index in [4.69, 9.17) is 5.73 Å². The fraction of sp³-hybridized carbons (Fsp3) is 0.357. The first kappa shape index (κ1) is 12.8. The van der Waals surface area contributed by atoms with Crippen LogP contribution in [0.1, 0.15) is 35.3 Å². The van der Waals surface area contributed by atoms with Gasteiger partial charge >= 0.3 is 0 Å². The van der Waals surface area contributed by atoms with E-state index in [1.54, 1.807) is 4.68 Å². The second kappa shape index (κ2) is 4.90. The van der Waals surface area contributed by atoms with E-state index in [9.17, 15) is 4.39 Å². The van der Waals surface area contributed by atoms with Crippen molar-refractivity contribution in [1.29, 1.82) is 0 Å². The van der Waals surface area contributed by atoms with Gasteiger partial charge in [0.15, 0.2) is 0 Å². The minimum atomic E-state index is -0.331. The van der Waals surface area contributed by atoms with E-state index in [2.05, 4.69) is 5.10 Å². The molecule has 0 aliphatic carbocycles. The number of hydrogen-bond acceptors (Lipinski definition) is 2. The minimum absolute atomic E-state index is 0.248. The molecule has 0 aliphatic heterocycles. The lowest BCUT2D eigenvalue weighted by Gasteiger charge is -2.12. The highest BCUT2D eigenvalue weighted by Crippen LogP contribution is 2.24. The summed E-state index contributed by atoms with van der Waals surface area (Å²) in [5.41, 5.74) is 9.82. The summed E-state index contributed by atoms with van der Waals surface area (Å²) < 4.78 is 15.2. The van der Waals surface area contributed by atoms with Crippen molar-refractivity contribution >= 4 is 0 Å². The molecule has 1 unspecified atom stereocenters. The molecule has 1 heterocycles. The Kier molecular flexibility index (Phi) is 3.48. The molecule has 1 aromatic carbocycles. The lowest BCUT2D eigenvalue weighted by atomic mass is 9.98. The molecular weight excluding hydrogens is 229 g/mol. The number of halogens is 1. The van der Waals surface area contributed by atoms with E-state index < -0.39 is 0 Å². The molecule has 0 aliphatic rings. The van der Waals surface area contributed by atoms with E-state index in [1.165, 1.54) is 12.1 Å². The van der Waals surface area contributed by atoms with Crippen LogP contribution < -0.4 is 5.73 Å². The molecule has 0 fully saturated rings. The van der Waals surface area contributed by atoms with E-state index in [0.717, 1.165) is 28.8 Å². The van der Waals surface area contributed by atoms with Gasteiger partial charge in [0.1, 0.15) is 5.82 Å². The van der Waals surface area contributed by atoms with E-state index in [0.29, 0.717) is 0 Å². The van der Waals surface area contributed by atoms with Gasteiger partial charge in [-0.05, 0) is 36.6 Å². The topological polar surface area (TPSA) is 43.8 Å². The van der Waals surface area contributed by atoms with Crippen LogP contribution in [0.3, 0.4) is 0 Å². The summed E-state index contributed by atoms with van der Waals surface area (Å²) in [5.74, 6) is -0.248. The van der Waals surface area contributed by atoms with Gasteiger partial charge in [-0.2, -0.15) is 5.10 Å². The maximum absolute atomic E-state index is 13.4. The Labute approximate surface area is 106 Å². The standard InChI is InChI=1S/C14H18FN3/c1-4-13-12(8-18(3)17-13)14(16)10-5-9(2)6-11(15)7-10/h5-8,14H,4,16H2,1-3H3. The molecule has 1 aromatic heterocycles. The van der Waals surface area contributed by atoms with Gasteiger partial charge in [0.05, 0.1) is 11.7 Å². The average molecular weight is 247 g/mol. The predicted molar refractivity (Wildman–Crippen MR) is 69.8 cm³/mol. The largest absolute Gasteiger partial charge is 0.320 e. The van der Waals surface area contributed by atoms with Gasteiger partial charge < -0.3 is 5.73 Å². The molecule has 2 aromatic rings. The summed E-state index contributed by atoms with van der Waals surface area (Å²) in [6.07, 6.45) is 2.72. The van der Waals surface area contributed by atoms with Crippen LogP contribution in [-0.4, -0.2) is 9.78 Å². The SMILES string of the molecule is CCc1nn(C)cc1C(N)c1cc(C)cc(F)c1. The van der Waals surface area contributed by atoms with E-state index >= 15 is 0 Å². The van der Waals surface area contributed by atoms with Gasteiger partial charge in [0, 0.05) is 18.8 Å². The van der Waals surface area contributed by atoms with Gasteiger partial charge in [-0.15, -0.1) is 0 Å². The normalized spacial score (nSPS) is 12.7. The highest BCUT2D eigenvalue weighted by Gasteiger charge is 2.16. The van der Waals surface area contributed by atoms with Crippen LogP contribution in [0.4, 0.5) is 4.39 Å². The number of rotatable bonds is 3. The molecule has 0 saturated carbocycles. The van der Waals surface area contributed by atoms with E-state index in [1.807, 2.05) is 33.2 Å². The molecular formula is C14H18FN3. The van der Waals surface area contributed by atoms with Crippen molar-refractivity contribution in [3.05, 3.63) is 52.6 Å². The van der Waals surface area contributed by atoms with Crippen LogP contribution in [0, 0.1) is 12.7 Å². The van der Waals surface area contributed by atoms with Crippen LogP contribution >= 0.6 is 0 Å². The summed E-state index contributed by atoms with van der Waals surface area (Å²) in [6.45, 7) is 3.90. The maximum atomic E-state index is 13.4. The summed E-state index contributed by atoms with van der Waals surface area (Å²) in [4.78, 5) is 0. The zero-order valence-electron chi connectivity index (χ0n) is 10.9. The Bertz CT molecular complexity index is 540. The molecule has 1 atom stereocenters. The fourth-order valence-corrected chi connectivity index (χ4v) is 2.21. The summed E-state index contributed by atoms with van der Waals surface area (Å²) >= 11 is 0. The Morgan fingerprint density at radius 3 is 2.72 bits per heavy atom. The second-order valence-corrected chi connectivity index (χ2v) is 4.60. The van der Waals surface area contributed by atoms with Gasteiger partial charge in [0.2, 0.25) is 0 Å². The molecule has 4 heteroatoms. The van der Waals surface area contributed by atoms with Crippen LogP contribution in [0.15, 0.2) is 24.4 Å². The predicted octanol–water partition coefficient (Wildman–Crippen LogP) is 2.48. The number of benzene rings is 1. The zero-order chi connectivity index (χ0) is 13.3. The molecule has 3 nitrogen and oxygen atoms in total. The quantitative estimate of drug-likeness (QED) is 0.905. The lowest BCUT2D eigenvalue weighted by molar-refractivity contribution is 0.622. The lowest BCUT2D eigenvalue weighted by Crippen LogP contribution is -2.13. The molecule has 18 heavy (non-hydrogen) atoms. The van der Waals surface area contributed by atoms with Crippen molar-refractivity contribution < 1.29 is 4.39 Å². The van der Waals surface area contributed by atoms with Crippen LogP contribution in [-0.2, 0) is 13.5 Å². The summed E-state index contributed by atoms with van der Waals surface area (Å²) in [6, 6.07) is 4.58. The van der Waals surface area contributed by atoms with Crippen molar-refractivity contribution in [2.75, 3.05) is 0 Å². The van der Waals surface area contributed by atoms with Crippen molar-refractivity contribution in [2.45, 2.75) is 26.3 Å². The Morgan fingerprint density at radius 2 is 2.11 bits per heavy atom. The number of nitrogens with zero attached hydrogens (tertiary/aromatic N) is 2. The zero-order valence-corrected chi connectivity index (χ0v) is 10.9. The molecule has 96 valence electrons. The van der Waals surface area contributed by atoms with Gasteiger partial charge in [-0.3, -0.25) is 4.68 Å². The number of hydrogen-bond donors (Lipinski definition) is 1. The molecule has 0 saturated heterocycles. The summed E-state index contributed by atoms with van der Waals surface area (Å²) in [5, 5.41) is 4.36. The monoisotopic (exact) mass is 247 g/mol. The number of aryl methyl sites for hydroxylation is 3. The average Bonchev–Trinajstić information content (AvgIpc) is 2.68. The van der Waals surface area contributed by atoms with Crippen molar-refractivity contribution in [2.24, 2.45) is 12.8 Å². The highest BCUT2D eigenvalue weighted by atomic mass is 19.1. The molecule has 2 N–H and O–H groups in total. The highest BCUT2D eigenvalue weighted by molar-refractivity contribution is 5.35. The Hall–Kier alpha value is -1.68. The van der Waals surface area contributed by atoms with Gasteiger partial charge in [-0.1, -0.05) is 13.0 Å². The Balaban J connectivity index is 2.43. The number of nitrogens with two attached hydrogens (primary N) is 1. The minimum Gasteiger partial charge on any atom is -0.320 e. The molecule has 0 bridgehead atoms. The molecule has 2 rings (SSSR count). The van der Waals surface area contributed by atoms with Crippen molar-refractivity contribution in [3.63, 3.8) is 0 Å². The van der Waals surface area contributed by atoms with Crippen molar-refractivity contribution in [3.8, 4) is 0 Å². The summed E-state index contributed by atoms with van der Waals surface area (Å²) in [7, 11) is 1.87. The first-order chi connectivity index (χ1) is 8.51. The maximum Gasteiger partial charge on any atom is 0.123 e.